The van der Waals surface area contributed by atoms with Gasteiger partial charge < -0.3 is 4.74 Å². The smallest absolute Gasteiger partial charge is 0.311 e. The maximum atomic E-state index is 14.3. The Kier molecular flexibility index (Phi) is 5.27. The molecule has 0 aromatic carbocycles. The van der Waals surface area contributed by atoms with Crippen molar-refractivity contribution in [2.24, 2.45) is 50.2 Å². The monoisotopic (exact) mass is 482 g/mol. The van der Waals surface area contributed by atoms with Gasteiger partial charge in [0.15, 0.2) is 5.78 Å². The van der Waals surface area contributed by atoms with Gasteiger partial charge in [0.1, 0.15) is 5.78 Å². The Morgan fingerprint density at radius 1 is 0.914 bits per heavy atom. The summed E-state index contributed by atoms with van der Waals surface area (Å²) < 4.78 is 5.24. The minimum absolute atomic E-state index is 0.0465. The molecule has 0 unspecified atom stereocenters. The van der Waals surface area contributed by atoms with E-state index in [0.29, 0.717) is 12.2 Å². The summed E-state index contributed by atoms with van der Waals surface area (Å²) >= 11 is 0. The Labute approximate surface area is 212 Å². The third kappa shape index (κ3) is 3.00. The third-order valence-electron chi connectivity index (χ3n) is 13.0. The highest BCUT2D eigenvalue weighted by molar-refractivity contribution is 5.96. The molecular weight excluding hydrogens is 436 g/mol. The van der Waals surface area contributed by atoms with E-state index in [2.05, 4.69) is 54.5 Å². The van der Waals surface area contributed by atoms with Crippen molar-refractivity contribution in [3.63, 3.8) is 0 Å². The average molecular weight is 483 g/mol. The quantitative estimate of drug-likeness (QED) is 0.390. The van der Waals surface area contributed by atoms with Crippen LogP contribution in [-0.4, -0.2) is 24.6 Å². The average Bonchev–Trinajstić information content (AvgIpc) is 2.78. The van der Waals surface area contributed by atoms with Gasteiger partial charge in [-0.25, -0.2) is 0 Å². The molecule has 4 nitrogen and oxygen atoms in total. The zero-order valence-electron chi connectivity index (χ0n) is 23.3. The first-order chi connectivity index (χ1) is 16.1. The van der Waals surface area contributed by atoms with E-state index in [1.54, 1.807) is 0 Å². The molecule has 0 N–H and O–H groups in total. The van der Waals surface area contributed by atoms with Gasteiger partial charge in [0.05, 0.1) is 12.5 Å². The number of methoxy groups -OCH3 is 1. The van der Waals surface area contributed by atoms with Crippen LogP contribution in [0.5, 0.6) is 0 Å². The Morgan fingerprint density at radius 2 is 1.57 bits per heavy atom. The van der Waals surface area contributed by atoms with E-state index in [1.807, 2.05) is 0 Å². The van der Waals surface area contributed by atoms with Crippen molar-refractivity contribution in [3.05, 3.63) is 11.6 Å². The maximum Gasteiger partial charge on any atom is 0.311 e. The van der Waals surface area contributed by atoms with Crippen LogP contribution in [0.4, 0.5) is 0 Å². The Bertz CT molecular complexity index is 1020. The van der Waals surface area contributed by atoms with E-state index < -0.39 is 5.41 Å². The predicted octanol–water partition coefficient (Wildman–Crippen LogP) is 6.71. The molecule has 5 aliphatic rings. The maximum absolute atomic E-state index is 14.3. The molecule has 4 saturated carbocycles. The van der Waals surface area contributed by atoms with E-state index in [1.165, 1.54) is 12.7 Å². The molecule has 5 rings (SSSR count). The van der Waals surface area contributed by atoms with Gasteiger partial charge in [0.25, 0.3) is 0 Å². The van der Waals surface area contributed by atoms with Gasteiger partial charge in [-0.3, -0.25) is 14.4 Å². The summed E-state index contributed by atoms with van der Waals surface area (Å²) in [7, 11) is 1.50. The van der Waals surface area contributed by atoms with Gasteiger partial charge in [0, 0.05) is 17.8 Å². The Balaban J connectivity index is 1.62. The van der Waals surface area contributed by atoms with E-state index in [-0.39, 0.29) is 56.6 Å². The van der Waals surface area contributed by atoms with E-state index in [4.69, 9.17) is 4.74 Å². The topological polar surface area (TPSA) is 60.4 Å². The molecule has 0 amide bonds. The molecule has 0 heterocycles. The minimum atomic E-state index is -0.490. The molecule has 0 spiro atoms. The summed E-state index contributed by atoms with van der Waals surface area (Å²) in [5, 5.41) is 0. The van der Waals surface area contributed by atoms with Crippen molar-refractivity contribution in [1.29, 1.82) is 0 Å². The largest absolute Gasteiger partial charge is 0.469 e. The van der Waals surface area contributed by atoms with Crippen LogP contribution in [0.2, 0.25) is 0 Å². The summed E-state index contributed by atoms with van der Waals surface area (Å²) in [4.78, 5) is 40.0. The second-order valence-electron chi connectivity index (χ2n) is 14.9. The molecule has 8 atom stereocenters. The molecule has 0 bridgehead atoms. The number of carbonyl (C=O) groups excluding carboxylic acids is 3. The number of Topliss-reactive ketones (excluding diaryl/α,β-unsaturated/α-hetero) is 1. The fourth-order valence-electron chi connectivity index (χ4n) is 10.4. The number of hydrogen-bond donors (Lipinski definition) is 0. The zero-order chi connectivity index (χ0) is 25.8. The number of hydrogen-bond acceptors (Lipinski definition) is 4. The highest BCUT2D eigenvalue weighted by atomic mass is 16.5. The molecule has 0 saturated heterocycles. The van der Waals surface area contributed by atoms with Gasteiger partial charge in [-0.1, -0.05) is 47.1 Å². The first-order valence-corrected chi connectivity index (χ1v) is 14.0. The fraction of sp³-hybridized carbons (Fsp3) is 0.839. The number of ketones is 2. The molecule has 35 heavy (non-hydrogen) atoms. The van der Waals surface area contributed by atoms with Crippen LogP contribution >= 0.6 is 0 Å². The van der Waals surface area contributed by atoms with Gasteiger partial charge in [-0.2, -0.15) is 0 Å². The zero-order valence-corrected chi connectivity index (χ0v) is 23.3. The first kappa shape index (κ1) is 25.2. The van der Waals surface area contributed by atoms with Crippen LogP contribution in [0.3, 0.4) is 0 Å². The number of allylic oxidation sites excluding steroid dienone is 2. The Hall–Kier alpha value is -1.45. The van der Waals surface area contributed by atoms with Crippen molar-refractivity contribution in [1.82, 2.24) is 0 Å². The Morgan fingerprint density at radius 3 is 2.23 bits per heavy atom. The molecule has 194 valence electrons. The molecule has 4 heteroatoms. The van der Waals surface area contributed by atoms with Gasteiger partial charge in [0.2, 0.25) is 0 Å². The number of ether oxygens (including phenoxy) is 1. The van der Waals surface area contributed by atoms with Crippen molar-refractivity contribution in [2.45, 2.75) is 106 Å². The van der Waals surface area contributed by atoms with Crippen LogP contribution in [0.1, 0.15) is 106 Å². The molecule has 5 aliphatic carbocycles. The van der Waals surface area contributed by atoms with E-state index >= 15 is 0 Å². The molecule has 0 aromatic rings. The summed E-state index contributed by atoms with van der Waals surface area (Å²) in [6.07, 6.45) is 10.3. The molecule has 0 aliphatic heterocycles. The van der Waals surface area contributed by atoms with Crippen LogP contribution in [0, 0.1) is 50.2 Å². The van der Waals surface area contributed by atoms with Crippen LogP contribution < -0.4 is 0 Å². The lowest BCUT2D eigenvalue weighted by molar-refractivity contribution is -0.188. The summed E-state index contributed by atoms with van der Waals surface area (Å²) in [5.74, 6) is 0.980. The number of esters is 1. The lowest BCUT2D eigenvalue weighted by Crippen LogP contribution is -2.66. The highest BCUT2D eigenvalue weighted by Crippen LogP contribution is 2.74. The first-order valence-electron chi connectivity index (χ1n) is 14.0. The van der Waals surface area contributed by atoms with Crippen LogP contribution in [0.15, 0.2) is 11.6 Å². The van der Waals surface area contributed by atoms with Crippen molar-refractivity contribution >= 4 is 17.5 Å². The third-order valence-corrected chi connectivity index (χ3v) is 13.0. The van der Waals surface area contributed by atoms with Crippen molar-refractivity contribution in [3.8, 4) is 0 Å². The summed E-state index contributed by atoms with van der Waals surface area (Å²) in [6, 6.07) is 0. The number of carbonyl (C=O) groups is 3. The lowest BCUT2D eigenvalue weighted by Gasteiger charge is -2.69. The van der Waals surface area contributed by atoms with Crippen LogP contribution in [0.25, 0.3) is 0 Å². The van der Waals surface area contributed by atoms with Gasteiger partial charge >= 0.3 is 5.97 Å². The van der Waals surface area contributed by atoms with E-state index in [0.717, 1.165) is 51.4 Å². The molecular formula is C31H46O4. The lowest BCUT2D eigenvalue weighted by atomic mass is 9.33. The molecule has 0 aromatic heterocycles. The van der Waals surface area contributed by atoms with E-state index in [9.17, 15) is 14.4 Å². The predicted molar refractivity (Wildman–Crippen MR) is 136 cm³/mol. The van der Waals surface area contributed by atoms with Gasteiger partial charge in [-0.15, -0.1) is 0 Å². The summed E-state index contributed by atoms with van der Waals surface area (Å²) in [5.41, 5.74) is 0.244. The molecule has 4 fully saturated rings. The van der Waals surface area contributed by atoms with Crippen molar-refractivity contribution < 1.29 is 19.1 Å². The van der Waals surface area contributed by atoms with Crippen LogP contribution in [-0.2, 0) is 19.1 Å². The standard InChI is InChI=1S/C31H46O4/c1-26(2)22-9-12-31(7)24(29(22,5)11-10-23(26)33)21(32)17-19-20-18-28(4,25(34)35-8)14-13-27(20,3)15-16-30(19,31)6/h17,20,22,24H,9-16,18H2,1-8H3/t20-,22-,24+,27+,28+,29+,30+,31+/m0/s1. The second-order valence-corrected chi connectivity index (χ2v) is 14.9. The second kappa shape index (κ2) is 7.32. The minimum Gasteiger partial charge on any atom is -0.469 e. The number of fused-ring (bicyclic) bond motifs is 7. The van der Waals surface area contributed by atoms with Crippen molar-refractivity contribution in [2.75, 3.05) is 7.11 Å². The fourth-order valence-corrected chi connectivity index (χ4v) is 10.4. The normalized spacial score (nSPS) is 50.7. The SMILES string of the molecule is COC(=O)[C@]1(C)CC[C@]2(C)CC[C@]3(C)C(=CC(=O)[C@@H]4[C@]5(C)CCC(=O)C(C)(C)[C@@H]5CC[C@]43C)[C@@H]2C1. The summed E-state index contributed by atoms with van der Waals surface area (Å²) in [6.45, 7) is 15.9. The molecule has 0 radical (unpaired) electrons. The van der Waals surface area contributed by atoms with Gasteiger partial charge in [-0.05, 0) is 97.9 Å². The number of rotatable bonds is 1. The highest BCUT2D eigenvalue weighted by Gasteiger charge is 2.70.